The molecule has 3 rings (SSSR count). The van der Waals surface area contributed by atoms with Crippen LogP contribution in [0.5, 0.6) is 5.75 Å². The maximum atomic E-state index is 5.68. The van der Waals surface area contributed by atoms with Crippen LogP contribution in [0.4, 0.5) is 0 Å². The molecule has 0 atom stereocenters. The van der Waals surface area contributed by atoms with Gasteiger partial charge in [-0.25, -0.2) is 0 Å². The Morgan fingerprint density at radius 1 is 1.11 bits per heavy atom. The van der Waals surface area contributed by atoms with Crippen molar-refractivity contribution in [3.8, 4) is 5.75 Å². The highest BCUT2D eigenvalue weighted by Crippen LogP contribution is 2.25. The van der Waals surface area contributed by atoms with Gasteiger partial charge in [0.15, 0.2) is 6.61 Å². The molecule has 0 spiro atoms. The van der Waals surface area contributed by atoms with Crippen molar-refractivity contribution in [2.75, 3.05) is 0 Å². The largest absolute Gasteiger partial charge is 0.484 e. The quantitative estimate of drug-likeness (QED) is 0.908. The van der Waals surface area contributed by atoms with Gasteiger partial charge in [-0.05, 0) is 48.9 Å². The van der Waals surface area contributed by atoms with Gasteiger partial charge in [0.05, 0.1) is 6.54 Å². The minimum atomic E-state index is 0.256. The molecule has 1 aromatic heterocycles. The first-order chi connectivity index (χ1) is 9.35. The Morgan fingerprint density at radius 3 is 2.68 bits per heavy atom. The maximum absolute atomic E-state index is 5.68. The minimum Gasteiger partial charge on any atom is -0.484 e. The zero-order valence-electron chi connectivity index (χ0n) is 10.8. The standard InChI is InChI=1S/C14H17N3O2/c15-8-13-16-17-14(19-13)9-18-12-6-5-10-3-1-2-4-11(10)7-12/h5-7H,1-4,8-9,15H2. The molecular weight excluding hydrogens is 242 g/mol. The number of nitrogens with zero attached hydrogens (tertiary/aromatic N) is 2. The van der Waals surface area contributed by atoms with Crippen LogP contribution in [0.2, 0.25) is 0 Å². The summed E-state index contributed by atoms with van der Waals surface area (Å²) < 4.78 is 11.0. The predicted octanol–water partition coefficient (Wildman–Crippen LogP) is 1.99. The molecular formula is C14H17N3O2. The van der Waals surface area contributed by atoms with Crippen LogP contribution in [0.25, 0.3) is 0 Å². The molecule has 0 bridgehead atoms. The van der Waals surface area contributed by atoms with Gasteiger partial charge in [0.25, 0.3) is 5.89 Å². The molecule has 0 saturated carbocycles. The maximum Gasteiger partial charge on any atom is 0.253 e. The van der Waals surface area contributed by atoms with E-state index >= 15 is 0 Å². The lowest BCUT2D eigenvalue weighted by Crippen LogP contribution is -2.03. The number of benzene rings is 1. The van der Waals surface area contributed by atoms with Gasteiger partial charge >= 0.3 is 0 Å². The van der Waals surface area contributed by atoms with Crippen LogP contribution in [0, 0.1) is 0 Å². The van der Waals surface area contributed by atoms with E-state index < -0.39 is 0 Å². The highest BCUT2D eigenvalue weighted by molar-refractivity contribution is 5.37. The van der Waals surface area contributed by atoms with Crippen LogP contribution in [-0.4, -0.2) is 10.2 Å². The summed E-state index contributed by atoms with van der Waals surface area (Å²) in [6.45, 7) is 0.539. The number of aryl methyl sites for hydroxylation is 2. The molecule has 100 valence electrons. The summed E-state index contributed by atoms with van der Waals surface area (Å²) >= 11 is 0. The fourth-order valence-corrected chi connectivity index (χ4v) is 2.37. The molecule has 0 saturated heterocycles. The third-order valence-electron chi connectivity index (χ3n) is 3.37. The zero-order valence-corrected chi connectivity index (χ0v) is 10.8. The summed E-state index contributed by atoms with van der Waals surface area (Å²) in [5.74, 6) is 1.75. The van der Waals surface area contributed by atoms with Crippen LogP contribution in [0.1, 0.15) is 35.7 Å². The molecule has 2 aromatic rings. The summed E-state index contributed by atoms with van der Waals surface area (Å²) in [5, 5.41) is 7.66. The number of rotatable bonds is 4. The molecule has 5 heteroatoms. The van der Waals surface area contributed by atoms with Crippen molar-refractivity contribution in [3.05, 3.63) is 41.1 Å². The molecule has 1 aliphatic carbocycles. The molecule has 1 aromatic carbocycles. The van der Waals surface area contributed by atoms with E-state index in [2.05, 4.69) is 22.3 Å². The lowest BCUT2D eigenvalue weighted by molar-refractivity contribution is 0.258. The fraction of sp³-hybridized carbons (Fsp3) is 0.429. The van der Waals surface area contributed by atoms with Crippen molar-refractivity contribution in [1.82, 2.24) is 10.2 Å². The smallest absolute Gasteiger partial charge is 0.253 e. The first-order valence-corrected chi connectivity index (χ1v) is 6.61. The molecule has 5 nitrogen and oxygen atoms in total. The number of hydrogen-bond donors (Lipinski definition) is 1. The summed E-state index contributed by atoms with van der Waals surface area (Å²) in [4.78, 5) is 0. The van der Waals surface area contributed by atoms with Crippen LogP contribution in [-0.2, 0) is 26.0 Å². The summed E-state index contributed by atoms with van der Waals surface area (Å²) in [6, 6.07) is 6.28. The Bertz CT molecular complexity index is 566. The number of ether oxygens (including phenoxy) is 1. The van der Waals surface area contributed by atoms with E-state index in [9.17, 15) is 0 Å². The minimum absolute atomic E-state index is 0.256. The van der Waals surface area contributed by atoms with Crippen molar-refractivity contribution in [2.24, 2.45) is 5.73 Å². The van der Waals surface area contributed by atoms with Crippen LogP contribution in [0.15, 0.2) is 22.6 Å². The van der Waals surface area contributed by atoms with Crippen molar-refractivity contribution < 1.29 is 9.15 Å². The fourth-order valence-electron chi connectivity index (χ4n) is 2.37. The van der Waals surface area contributed by atoms with Gasteiger partial charge in [-0.3, -0.25) is 0 Å². The highest BCUT2D eigenvalue weighted by Gasteiger charge is 2.11. The molecule has 19 heavy (non-hydrogen) atoms. The lowest BCUT2D eigenvalue weighted by atomic mass is 9.92. The monoisotopic (exact) mass is 259 g/mol. The second-order valence-electron chi connectivity index (χ2n) is 4.72. The lowest BCUT2D eigenvalue weighted by Gasteiger charge is -2.16. The molecule has 0 unspecified atom stereocenters. The summed E-state index contributed by atoms with van der Waals surface area (Å²) in [5.41, 5.74) is 8.26. The van der Waals surface area contributed by atoms with Gasteiger partial charge in [0.1, 0.15) is 5.75 Å². The molecule has 0 amide bonds. The van der Waals surface area contributed by atoms with E-state index in [-0.39, 0.29) is 13.2 Å². The van der Waals surface area contributed by atoms with E-state index in [4.69, 9.17) is 14.9 Å². The Hall–Kier alpha value is -1.88. The average molecular weight is 259 g/mol. The topological polar surface area (TPSA) is 74.2 Å². The zero-order chi connectivity index (χ0) is 13.1. The Balaban J connectivity index is 1.66. The second-order valence-corrected chi connectivity index (χ2v) is 4.72. The normalized spacial score (nSPS) is 14.2. The number of nitrogens with two attached hydrogens (primary N) is 1. The molecule has 2 N–H and O–H groups in total. The Labute approximate surface area is 111 Å². The number of hydrogen-bond acceptors (Lipinski definition) is 5. The first-order valence-electron chi connectivity index (χ1n) is 6.61. The van der Waals surface area contributed by atoms with Gasteiger partial charge in [0, 0.05) is 0 Å². The van der Waals surface area contributed by atoms with Crippen LogP contribution in [0.3, 0.4) is 0 Å². The van der Waals surface area contributed by atoms with Gasteiger partial charge in [-0.15, -0.1) is 10.2 Å². The van der Waals surface area contributed by atoms with Crippen molar-refractivity contribution in [3.63, 3.8) is 0 Å². The molecule has 0 fully saturated rings. The molecule has 1 heterocycles. The van der Waals surface area contributed by atoms with Crippen molar-refractivity contribution in [2.45, 2.75) is 38.8 Å². The second kappa shape index (κ2) is 5.40. The predicted molar refractivity (Wildman–Crippen MR) is 69.6 cm³/mol. The van der Waals surface area contributed by atoms with Gasteiger partial charge in [0.2, 0.25) is 5.89 Å². The third kappa shape index (κ3) is 2.76. The summed E-state index contributed by atoms with van der Waals surface area (Å²) in [7, 11) is 0. The van der Waals surface area contributed by atoms with Crippen LogP contribution >= 0.6 is 0 Å². The molecule has 1 aliphatic rings. The van der Waals surface area contributed by atoms with E-state index in [0.717, 1.165) is 12.2 Å². The SMILES string of the molecule is NCc1nnc(COc2ccc3c(c2)CCCC3)o1. The highest BCUT2D eigenvalue weighted by atomic mass is 16.5. The van der Waals surface area contributed by atoms with E-state index in [1.807, 2.05) is 6.07 Å². The van der Waals surface area contributed by atoms with E-state index in [1.54, 1.807) is 0 Å². The number of fused-ring (bicyclic) bond motifs is 1. The first kappa shape index (κ1) is 12.2. The van der Waals surface area contributed by atoms with Crippen molar-refractivity contribution in [1.29, 1.82) is 0 Å². The third-order valence-corrected chi connectivity index (χ3v) is 3.37. The van der Waals surface area contributed by atoms with E-state index in [0.29, 0.717) is 11.8 Å². The van der Waals surface area contributed by atoms with Gasteiger partial charge < -0.3 is 14.9 Å². The Kier molecular flexibility index (Phi) is 3.46. The van der Waals surface area contributed by atoms with Gasteiger partial charge in [-0.1, -0.05) is 6.07 Å². The molecule has 0 aliphatic heterocycles. The van der Waals surface area contributed by atoms with E-state index in [1.165, 1.54) is 30.4 Å². The summed E-state index contributed by atoms with van der Waals surface area (Å²) in [6.07, 6.45) is 4.88. The average Bonchev–Trinajstić information content (AvgIpc) is 2.93. The molecule has 0 radical (unpaired) electrons. The van der Waals surface area contributed by atoms with Gasteiger partial charge in [-0.2, -0.15) is 0 Å². The Morgan fingerprint density at radius 2 is 1.89 bits per heavy atom. The number of aromatic nitrogens is 2. The van der Waals surface area contributed by atoms with Crippen LogP contribution < -0.4 is 10.5 Å². The van der Waals surface area contributed by atoms with Crippen molar-refractivity contribution >= 4 is 0 Å².